The van der Waals surface area contributed by atoms with Gasteiger partial charge < -0.3 is 10.6 Å². The summed E-state index contributed by atoms with van der Waals surface area (Å²) in [5.41, 5.74) is -0.232. The molecule has 0 aliphatic heterocycles. The molecule has 94 valence electrons. The SMILES string of the molecule is CNC(=O)c1c(Cl)nc(C(F)(F)F)nc1NC. The second kappa shape index (κ2) is 4.74. The molecule has 0 saturated carbocycles. The average Bonchev–Trinajstić information content (AvgIpc) is 2.25. The lowest BCUT2D eigenvalue weighted by atomic mass is 10.3. The Bertz CT molecular complexity index is 449. The molecule has 1 rings (SSSR count). The van der Waals surface area contributed by atoms with E-state index in [-0.39, 0.29) is 11.4 Å². The number of halogens is 4. The van der Waals surface area contributed by atoms with Gasteiger partial charge in [-0.25, -0.2) is 9.97 Å². The van der Waals surface area contributed by atoms with E-state index < -0.39 is 23.1 Å². The van der Waals surface area contributed by atoms with Gasteiger partial charge in [0.25, 0.3) is 5.91 Å². The van der Waals surface area contributed by atoms with Gasteiger partial charge in [0, 0.05) is 14.1 Å². The molecule has 0 radical (unpaired) electrons. The summed E-state index contributed by atoms with van der Waals surface area (Å²) in [4.78, 5) is 17.6. The normalized spacial score (nSPS) is 11.2. The molecule has 0 aliphatic rings. The standard InChI is InChI=1S/C8H8ClF3N4O/c1-13-5-3(6(17)14-2)4(9)15-7(16-5)8(10,11)12/h1-2H3,(H,14,17)(H,13,15,16). The molecule has 0 aromatic carbocycles. The maximum absolute atomic E-state index is 12.4. The number of hydrogen-bond acceptors (Lipinski definition) is 4. The van der Waals surface area contributed by atoms with Crippen molar-refractivity contribution in [1.29, 1.82) is 0 Å². The molecule has 0 spiro atoms. The monoisotopic (exact) mass is 268 g/mol. The molecule has 0 unspecified atom stereocenters. The van der Waals surface area contributed by atoms with Gasteiger partial charge in [0.15, 0.2) is 0 Å². The predicted molar refractivity (Wildman–Crippen MR) is 55.0 cm³/mol. The van der Waals surface area contributed by atoms with Crippen LogP contribution in [-0.2, 0) is 6.18 Å². The third-order valence-electron chi connectivity index (χ3n) is 1.81. The Kier molecular flexibility index (Phi) is 3.76. The van der Waals surface area contributed by atoms with Crippen LogP contribution in [0, 0.1) is 0 Å². The van der Waals surface area contributed by atoms with Gasteiger partial charge in [-0.15, -0.1) is 0 Å². The van der Waals surface area contributed by atoms with Crippen LogP contribution in [-0.4, -0.2) is 30.0 Å². The van der Waals surface area contributed by atoms with Crippen LogP contribution < -0.4 is 10.6 Å². The molecule has 5 nitrogen and oxygen atoms in total. The Labute approximate surface area is 99.4 Å². The average molecular weight is 269 g/mol. The van der Waals surface area contributed by atoms with Crippen molar-refractivity contribution < 1.29 is 18.0 Å². The maximum Gasteiger partial charge on any atom is 0.451 e. The minimum Gasteiger partial charge on any atom is -0.372 e. The highest BCUT2D eigenvalue weighted by molar-refractivity contribution is 6.33. The Hall–Kier alpha value is -1.57. The third-order valence-corrected chi connectivity index (χ3v) is 2.08. The van der Waals surface area contributed by atoms with Crippen molar-refractivity contribution >= 4 is 23.3 Å². The van der Waals surface area contributed by atoms with Crippen LogP contribution >= 0.6 is 11.6 Å². The summed E-state index contributed by atoms with van der Waals surface area (Å²) >= 11 is 5.54. The van der Waals surface area contributed by atoms with E-state index in [1.165, 1.54) is 14.1 Å². The largest absolute Gasteiger partial charge is 0.451 e. The zero-order chi connectivity index (χ0) is 13.2. The molecule has 0 saturated heterocycles. The number of carbonyl (C=O) groups is 1. The molecule has 1 amide bonds. The number of hydrogen-bond donors (Lipinski definition) is 2. The van der Waals surface area contributed by atoms with Crippen LogP contribution in [0.2, 0.25) is 5.15 Å². The highest BCUT2D eigenvalue weighted by atomic mass is 35.5. The van der Waals surface area contributed by atoms with E-state index in [4.69, 9.17) is 11.6 Å². The molecule has 0 fully saturated rings. The van der Waals surface area contributed by atoms with Crippen LogP contribution in [0.25, 0.3) is 0 Å². The Balaban J connectivity index is 3.41. The summed E-state index contributed by atoms with van der Waals surface area (Å²) in [5.74, 6) is -2.36. The van der Waals surface area contributed by atoms with Gasteiger partial charge in [0.05, 0.1) is 0 Å². The lowest BCUT2D eigenvalue weighted by Crippen LogP contribution is -2.23. The molecule has 2 N–H and O–H groups in total. The Morgan fingerprint density at radius 3 is 2.29 bits per heavy atom. The molecular weight excluding hydrogens is 261 g/mol. The lowest BCUT2D eigenvalue weighted by Gasteiger charge is -2.11. The summed E-state index contributed by atoms with van der Waals surface area (Å²) in [6, 6.07) is 0. The fourth-order valence-electron chi connectivity index (χ4n) is 1.07. The zero-order valence-electron chi connectivity index (χ0n) is 8.81. The molecule has 1 aromatic heterocycles. The summed E-state index contributed by atoms with van der Waals surface area (Å²) in [7, 11) is 2.64. The number of carbonyl (C=O) groups excluding carboxylic acids is 1. The molecule has 0 bridgehead atoms. The summed E-state index contributed by atoms with van der Waals surface area (Å²) in [5, 5.41) is 4.04. The quantitative estimate of drug-likeness (QED) is 0.799. The van der Waals surface area contributed by atoms with Crippen molar-refractivity contribution in [2.24, 2.45) is 0 Å². The van der Waals surface area contributed by atoms with Gasteiger partial charge in [0.2, 0.25) is 5.82 Å². The van der Waals surface area contributed by atoms with Crippen LogP contribution in [0.5, 0.6) is 0 Å². The second-order valence-corrected chi connectivity index (χ2v) is 3.25. The molecular formula is C8H8ClF3N4O. The van der Waals surface area contributed by atoms with E-state index in [1.807, 2.05) is 0 Å². The smallest absolute Gasteiger partial charge is 0.372 e. The first-order valence-electron chi connectivity index (χ1n) is 4.35. The molecule has 1 heterocycles. The van der Waals surface area contributed by atoms with Crippen LogP contribution in [0.15, 0.2) is 0 Å². The first-order valence-corrected chi connectivity index (χ1v) is 4.73. The summed E-state index contributed by atoms with van der Waals surface area (Å²) in [6.07, 6.45) is -4.73. The third kappa shape index (κ3) is 2.76. The Morgan fingerprint density at radius 1 is 1.29 bits per heavy atom. The topological polar surface area (TPSA) is 66.9 Å². The van der Waals surface area contributed by atoms with Gasteiger partial charge in [-0.1, -0.05) is 11.6 Å². The molecule has 9 heteroatoms. The summed E-state index contributed by atoms with van der Waals surface area (Å²) < 4.78 is 37.2. The molecule has 0 atom stereocenters. The van der Waals surface area contributed by atoms with Gasteiger partial charge in [-0.05, 0) is 0 Å². The predicted octanol–water partition coefficient (Wildman–Crippen LogP) is 1.55. The van der Waals surface area contributed by atoms with Crippen molar-refractivity contribution in [3.05, 3.63) is 16.5 Å². The van der Waals surface area contributed by atoms with Gasteiger partial charge in [-0.2, -0.15) is 13.2 Å². The van der Waals surface area contributed by atoms with Crippen molar-refractivity contribution in [3.8, 4) is 0 Å². The second-order valence-electron chi connectivity index (χ2n) is 2.89. The highest BCUT2D eigenvalue weighted by Crippen LogP contribution is 2.30. The van der Waals surface area contributed by atoms with Crippen LogP contribution in [0.4, 0.5) is 19.0 Å². The number of anilines is 1. The van der Waals surface area contributed by atoms with E-state index in [1.54, 1.807) is 0 Å². The van der Waals surface area contributed by atoms with E-state index in [0.717, 1.165) is 0 Å². The van der Waals surface area contributed by atoms with Gasteiger partial charge in [0.1, 0.15) is 16.5 Å². The first kappa shape index (κ1) is 13.5. The number of aromatic nitrogens is 2. The van der Waals surface area contributed by atoms with Crippen LogP contribution in [0.1, 0.15) is 16.2 Å². The van der Waals surface area contributed by atoms with Gasteiger partial charge >= 0.3 is 6.18 Å². The van der Waals surface area contributed by atoms with E-state index >= 15 is 0 Å². The fraction of sp³-hybridized carbons (Fsp3) is 0.375. The number of amides is 1. The molecule has 0 aliphatic carbocycles. The van der Waals surface area contributed by atoms with Crippen molar-refractivity contribution in [1.82, 2.24) is 15.3 Å². The number of nitrogens with one attached hydrogen (secondary N) is 2. The Morgan fingerprint density at radius 2 is 1.88 bits per heavy atom. The highest BCUT2D eigenvalue weighted by Gasteiger charge is 2.36. The zero-order valence-corrected chi connectivity index (χ0v) is 9.57. The van der Waals surface area contributed by atoms with E-state index in [2.05, 4.69) is 20.6 Å². The van der Waals surface area contributed by atoms with E-state index in [0.29, 0.717) is 0 Å². The fourth-order valence-corrected chi connectivity index (χ4v) is 1.32. The van der Waals surface area contributed by atoms with Crippen molar-refractivity contribution in [2.75, 3.05) is 19.4 Å². The van der Waals surface area contributed by atoms with Crippen molar-refractivity contribution in [2.45, 2.75) is 6.18 Å². The lowest BCUT2D eigenvalue weighted by molar-refractivity contribution is -0.144. The maximum atomic E-state index is 12.4. The minimum atomic E-state index is -4.73. The van der Waals surface area contributed by atoms with Crippen molar-refractivity contribution in [3.63, 3.8) is 0 Å². The number of nitrogens with zero attached hydrogens (tertiary/aromatic N) is 2. The number of alkyl halides is 3. The molecule has 17 heavy (non-hydrogen) atoms. The van der Waals surface area contributed by atoms with Gasteiger partial charge in [-0.3, -0.25) is 4.79 Å². The number of rotatable bonds is 2. The van der Waals surface area contributed by atoms with Crippen LogP contribution in [0.3, 0.4) is 0 Å². The van der Waals surface area contributed by atoms with E-state index in [9.17, 15) is 18.0 Å². The first-order chi connectivity index (χ1) is 7.81. The minimum absolute atomic E-state index is 0.232. The summed E-state index contributed by atoms with van der Waals surface area (Å²) in [6.45, 7) is 0. The molecule has 1 aromatic rings.